The highest BCUT2D eigenvalue weighted by Crippen LogP contribution is 2.38. The van der Waals surface area contributed by atoms with Gasteiger partial charge in [0.05, 0.1) is 16.1 Å². The molecule has 1 aliphatic rings. The lowest BCUT2D eigenvalue weighted by molar-refractivity contribution is -0.384. The van der Waals surface area contributed by atoms with E-state index in [-0.39, 0.29) is 29.3 Å². The van der Waals surface area contributed by atoms with Crippen molar-refractivity contribution in [2.24, 2.45) is 0 Å². The number of aromatic carboxylic acids is 1. The molecule has 2 aromatic carbocycles. The quantitative estimate of drug-likeness (QED) is 0.339. The first-order valence-corrected chi connectivity index (χ1v) is 11.5. The Bertz CT molecular complexity index is 1280. The molecule has 1 heterocycles. The van der Waals surface area contributed by atoms with Gasteiger partial charge in [-0.3, -0.25) is 19.7 Å². The number of hydrogen-bond acceptors (Lipinski definition) is 6. The van der Waals surface area contributed by atoms with E-state index in [2.05, 4.69) is 10.6 Å². The number of fused-ring (bicyclic) bond motifs is 1. The van der Waals surface area contributed by atoms with E-state index in [9.17, 15) is 24.5 Å². The fourth-order valence-corrected chi connectivity index (χ4v) is 5.17. The SMILES string of the molecule is O=C(O)c1ccc(C(=O)Nc2sc3c(c2C(=O)NCc2cccc([N+](=O)[O-])c2)CCCC3)cc1. The number of nitrogens with zero attached hydrogens (tertiary/aromatic N) is 1. The zero-order chi connectivity index (χ0) is 24.2. The van der Waals surface area contributed by atoms with Crippen LogP contribution in [0.4, 0.5) is 10.7 Å². The number of rotatable bonds is 7. The smallest absolute Gasteiger partial charge is 0.335 e. The number of carboxylic acids is 1. The molecule has 0 saturated heterocycles. The molecule has 0 radical (unpaired) electrons. The zero-order valence-electron chi connectivity index (χ0n) is 18.0. The summed E-state index contributed by atoms with van der Waals surface area (Å²) in [4.78, 5) is 48.6. The van der Waals surface area contributed by atoms with Crippen LogP contribution in [0.15, 0.2) is 48.5 Å². The number of nitrogens with one attached hydrogen (secondary N) is 2. The van der Waals surface area contributed by atoms with E-state index in [0.717, 1.165) is 36.1 Å². The summed E-state index contributed by atoms with van der Waals surface area (Å²) in [5.74, 6) is -1.88. The van der Waals surface area contributed by atoms with Gasteiger partial charge in [-0.2, -0.15) is 0 Å². The molecule has 10 heteroatoms. The number of anilines is 1. The Hall–Kier alpha value is -4.05. The van der Waals surface area contributed by atoms with Crippen LogP contribution < -0.4 is 10.6 Å². The van der Waals surface area contributed by atoms with Gasteiger partial charge in [-0.1, -0.05) is 12.1 Å². The monoisotopic (exact) mass is 479 g/mol. The number of nitro benzene ring substituents is 1. The summed E-state index contributed by atoms with van der Waals surface area (Å²) in [5.41, 5.74) is 2.23. The van der Waals surface area contributed by atoms with Gasteiger partial charge in [-0.15, -0.1) is 11.3 Å². The van der Waals surface area contributed by atoms with Crippen molar-refractivity contribution < 1.29 is 24.4 Å². The molecule has 1 aromatic heterocycles. The molecule has 0 aliphatic heterocycles. The summed E-state index contributed by atoms with van der Waals surface area (Å²) in [6.45, 7) is 0.106. The Kier molecular flexibility index (Phi) is 6.69. The topological polar surface area (TPSA) is 139 Å². The number of carboxylic acid groups (broad SMARTS) is 1. The predicted molar refractivity (Wildman–Crippen MR) is 127 cm³/mol. The number of thiophene rings is 1. The number of hydrogen-bond donors (Lipinski definition) is 3. The second-order valence-corrected chi connectivity index (χ2v) is 8.97. The second-order valence-electron chi connectivity index (χ2n) is 7.86. The van der Waals surface area contributed by atoms with Gasteiger partial charge in [0.2, 0.25) is 0 Å². The number of non-ortho nitro benzene ring substituents is 1. The lowest BCUT2D eigenvalue weighted by atomic mass is 9.95. The van der Waals surface area contributed by atoms with Gasteiger partial charge in [0.25, 0.3) is 17.5 Å². The van der Waals surface area contributed by atoms with Crippen LogP contribution in [0.5, 0.6) is 0 Å². The number of nitro groups is 1. The predicted octanol–water partition coefficient (Wildman–Crippen LogP) is 4.42. The van der Waals surface area contributed by atoms with E-state index < -0.39 is 16.8 Å². The molecule has 0 atom stereocenters. The van der Waals surface area contributed by atoms with Crippen LogP contribution in [0.3, 0.4) is 0 Å². The van der Waals surface area contributed by atoms with Gasteiger partial charge < -0.3 is 15.7 Å². The lowest BCUT2D eigenvalue weighted by Crippen LogP contribution is -2.25. The van der Waals surface area contributed by atoms with E-state index in [4.69, 9.17) is 5.11 Å². The number of amides is 2. The summed E-state index contributed by atoms with van der Waals surface area (Å²) in [7, 11) is 0. The van der Waals surface area contributed by atoms with Crippen LogP contribution in [0.1, 0.15) is 59.9 Å². The molecule has 0 saturated carbocycles. The van der Waals surface area contributed by atoms with Crippen molar-refractivity contribution in [1.82, 2.24) is 5.32 Å². The van der Waals surface area contributed by atoms with Crippen LogP contribution in [0.25, 0.3) is 0 Å². The standard InChI is InChI=1S/C24H21N3O6S/c28-21(15-8-10-16(11-9-15)24(30)31)26-23-20(18-6-1-2-7-19(18)34-23)22(29)25-13-14-4-3-5-17(12-14)27(32)33/h3-5,8-12H,1-2,6-7,13H2,(H,25,29)(H,26,28)(H,30,31). The normalized spacial score (nSPS) is 12.5. The van der Waals surface area contributed by atoms with Crippen LogP contribution in [0, 0.1) is 10.1 Å². The third kappa shape index (κ3) is 4.96. The minimum atomic E-state index is -1.08. The van der Waals surface area contributed by atoms with Crippen LogP contribution in [-0.2, 0) is 19.4 Å². The fourth-order valence-electron chi connectivity index (χ4n) is 3.88. The average molecular weight is 480 g/mol. The van der Waals surface area contributed by atoms with Gasteiger partial charge in [0.15, 0.2) is 0 Å². The molecule has 0 spiro atoms. The van der Waals surface area contributed by atoms with Crippen molar-refractivity contribution in [1.29, 1.82) is 0 Å². The van der Waals surface area contributed by atoms with Crippen molar-refractivity contribution in [2.75, 3.05) is 5.32 Å². The van der Waals surface area contributed by atoms with Crippen molar-refractivity contribution in [3.8, 4) is 0 Å². The Morgan fingerprint density at radius 3 is 2.41 bits per heavy atom. The summed E-state index contributed by atoms with van der Waals surface area (Å²) < 4.78 is 0. The first-order valence-electron chi connectivity index (χ1n) is 10.6. The van der Waals surface area contributed by atoms with Crippen molar-refractivity contribution in [2.45, 2.75) is 32.2 Å². The highest BCUT2D eigenvalue weighted by molar-refractivity contribution is 7.17. The van der Waals surface area contributed by atoms with E-state index in [1.165, 1.54) is 47.7 Å². The molecule has 0 unspecified atom stereocenters. The molecule has 4 rings (SSSR count). The Balaban J connectivity index is 1.56. The van der Waals surface area contributed by atoms with Gasteiger partial charge >= 0.3 is 5.97 Å². The molecule has 3 aromatic rings. The van der Waals surface area contributed by atoms with Gasteiger partial charge in [-0.05, 0) is 61.1 Å². The lowest BCUT2D eigenvalue weighted by Gasteiger charge is -2.13. The van der Waals surface area contributed by atoms with Crippen molar-refractivity contribution in [3.05, 3.63) is 91.3 Å². The Morgan fingerprint density at radius 2 is 1.71 bits per heavy atom. The molecule has 0 bridgehead atoms. The Labute approximate surface area is 198 Å². The third-order valence-electron chi connectivity index (χ3n) is 5.59. The molecular formula is C24H21N3O6S. The number of benzene rings is 2. The van der Waals surface area contributed by atoms with E-state index in [1.807, 2.05) is 0 Å². The highest BCUT2D eigenvalue weighted by atomic mass is 32.1. The van der Waals surface area contributed by atoms with Crippen LogP contribution >= 0.6 is 11.3 Å². The zero-order valence-corrected chi connectivity index (χ0v) is 18.8. The first-order chi connectivity index (χ1) is 16.3. The van der Waals surface area contributed by atoms with Gasteiger partial charge in [-0.25, -0.2) is 4.79 Å². The molecule has 3 N–H and O–H groups in total. The third-order valence-corrected chi connectivity index (χ3v) is 6.80. The fraction of sp³-hybridized carbons (Fsp3) is 0.208. The maximum Gasteiger partial charge on any atom is 0.335 e. The van der Waals surface area contributed by atoms with E-state index in [0.29, 0.717) is 16.1 Å². The maximum absolute atomic E-state index is 13.2. The first kappa shape index (κ1) is 23.1. The van der Waals surface area contributed by atoms with E-state index in [1.54, 1.807) is 12.1 Å². The largest absolute Gasteiger partial charge is 0.478 e. The number of aryl methyl sites for hydroxylation is 1. The molecule has 34 heavy (non-hydrogen) atoms. The highest BCUT2D eigenvalue weighted by Gasteiger charge is 2.26. The molecule has 1 aliphatic carbocycles. The summed E-state index contributed by atoms with van der Waals surface area (Å²) in [5, 5.41) is 26.1. The average Bonchev–Trinajstić information content (AvgIpc) is 3.20. The molecule has 0 fully saturated rings. The summed E-state index contributed by atoms with van der Waals surface area (Å²) in [6.07, 6.45) is 3.51. The van der Waals surface area contributed by atoms with Gasteiger partial charge in [0, 0.05) is 29.1 Å². The summed E-state index contributed by atoms with van der Waals surface area (Å²) in [6, 6.07) is 11.6. The Morgan fingerprint density at radius 1 is 1.00 bits per heavy atom. The maximum atomic E-state index is 13.2. The number of carbonyl (C=O) groups excluding carboxylic acids is 2. The molecule has 2 amide bonds. The number of carbonyl (C=O) groups is 3. The van der Waals surface area contributed by atoms with Crippen LogP contribution in [0.2, 0.25) is 0 Å². The van der Waals surface area contributed by atoms with Crippen molar-refractivity contribution >= 4 is 39.8 Å². The van der Waals surface area contributed by atoms with Crippen LogP contribution in [-0.4, -0.2) is 27.8 Å². The summed E-state index contributed by atoms with van der Waals surface area (Å²) >= 11 is 1.37. The minimum absolute atomic E-state index is 0.0541. The van der Waals surface area contributed by atoms with Crippen molar-refractivity contribution in [3.63, 3.8) is 0 Å². The van der Waals surface area contributed by atoms with Gasteiger partial charge in [0.1, 0.15) is 5.00 Å². The minimum Gasteiger partial charge on any atom is -0.478 e. The molecule has 9 nitrogen and oxygen atoms in total. The molecular weight excluding hydrogens is 458 g/mol. The van der Waals surface area contributed by atoms with E-state index >= 15 is 0 Å². The molecule has 174 valence electrons. The second kappa shape index (κ2) is 9.84.